The first-order valence-corrected chi connectivity index (χ1v) is 18.4. The number of esters is 2. The van der Waals surface area contributed by atoms with Gasteiger partial charge >= 0.3 is 36.1 Å². The standard InChI is InChI=1S/C44H36F6N4O8/c1-3-39(55)61-23-7-5-21-59-33-17-15-31(51-27-33)13-9-29-11-19-37(35(25-29)43(45,46)47)53-41(57)42(58)54-38-20-12-30(26-36(38)44(48,49)50)10-14-32-16-18-34(28-52-32)60-22-6-8-24-62-40(56)4-2/h3-4,11-12,15-20,25-28H,1-2,5-8,21-24H2,(H,53,57)(H,54,58). The molecule has 0 unspecified atom stereocenters. The van der Waals surface area contributed by atoms with Gasteiger partial charge in [0.15, 0.2) is 0 Å². The normalized spacial score (nSPS) is 10.7. The summed E-state index contributed by atoms with van der Waals surface area (Å²) >= 11 is 0. The van der Waals surface area contributed by atoms with E-state index in [9.17, 15) is 45.5 Å². The van der Waals surface area contributed by atoms with Crippen LogP contribution in [-0.2, 0) is 41.0 Å². The Balaban J connectivity index is 1.36. The third kappa shape index (κ3) is 15.5. The lowest BCUT2D eigenvalue weighted by Crippen LogP contribution is -2.31. The van der Waals surface area contributed by atoms with Crippen LogP contribution in [0.1, 0.15) is 59.3 Å². The van der Waals surface area contributed by atoms with Crippen LogP contribution in [0.25, 0.3) is 0 Å². The number of hydrogen-bond acceptors (Lipinski definition) is 10. The SMILES string of the molecule is C=CC(=O)OCCCCOc1ccc(C#Cc2ccc(NC(=O)C(=O)Nc3ccc(C#Cc4ccc(OCCCCOC(=O)C=C)cn4)cc3C(F)(F)F)c(C(F)(F)F)c2)nc1. The number of amides is 2. The highest BCUT2D eigenvalue weighted by atomic mass is 19.4. The summed E-state index contributed by atoms with van der Waals surface area (Å²) in [5, 5.41) is 3.61. The number of carbonyl (C=O) groups excluding carboxylic acids is 4. The van der Waals surface area contributed by atoms with Crippen molar-refractivity contribution in [2.24, 2.45) is 0 Å². The largest absolute Gasteiger partial charge is 0.492 e. The predicted octanol–water partition coefficient (Wildman–Crippen LogP) is 7.67. The summed E-state index contributed by atoms with van der Waals surface area (Å²) in [4.78, 5) is 55.7. The van der Waals surface area contributed by atoms with E-state index in [1.807, 2.05) is 0 Å². The molecular formula is C44H36F6N4O8. The van der Waals surface area contributed by atoms with Crippen LogP contribution in [0.3, 0.4) is 0 Å². The lowest BCUT2D eigenvalue weighted by Gasteiger charge is -2.16. The molecule has 0 bridgehead atoms. The molecule has 62 heavy (non-hydrogen) atoms. The van der Waals surface area contributed by atoms with Gasteiger partial charge in [-0.25, -0.2) is 19.6 Å². The molecule has 0 aliphatic heterocycles. The fourth-order valence-corrected chi connectivity index (χ4v) is 4.89. The Bertz CT molecular complexity index is 2210. The number of nitrogens with one attached hydrogen (secondary N) is 2. The van der Waals surface area contributed by atoms with E-state index in [1.165, 1.54) is 24.5 Å². The van der Waals surface area contributed by atoms with Crippen molar-refractivity contribution in [1.82, 2.24) is 9.97 Å². The number of alkyl halides is 6. The van der Waals surface area contributed by atoms with Crippen LogP contribution < -0.4 is 20.1 Å². The van der Waals surface area contributed by atoms with Gasteiger partial charge in [0.2, 0.25) is 0 Å². The summed E-state index contributed by atoms with van der Waals surface area (Å²) in [5.41, 5.74) is -4.32. The van der Waals surface area contributed by atoms with Crippen LogP contribution >= 0.6 is 0 Å². The van der Waals surface area contributed by atoms with Crippen molar-refractivity contribution in [3.05, 3.63) is 132 Å². The Hall–Kier alpha value is -7.60. The maximum Gasteiger partial charge on any atom is 0.418 e. The molecule has 18 heteroatoms. The first-order chi connectivity index (χ1) is 29.5. The quantitative estimate of drug-likeness (QED) is 0.0287. The van der Waals surface area contributed by atoms with Crippen molar-refractivity contribution in [2.75, 3.05) is 37.1 Å². The van der Waals surface area contributed by atoms with E-state index in [1.54, 1.807) is 22.8 Å². The van der Waals surface area contributed by atoms with Gasteiger partial charge in [0.25, 0.3) is 0 Å². The zero-order valence-electron chi connectivity index (χ0n) is 32.6. The fraction of sp³-hybridized carbons (Fsp3) is 0.227. The number of ether oxygens (including phenoxy) is 4. The van der Waals surface area contributed by atoms with Gasteiger partial charge in [-0.05, 0) is 98.2 Å². The number of halogens is 6. The Labute approximate surface area is 351 Å². The molecule has 322 valence electrons. The number of pyridine rings is 2. The molecule has 12 nitrogen and oxygen atoms in total. The minimum atomic E-state index is -5.04. The molecule has 2 N–H and O–H groups in total. The number of unbranched alkanes of at least 4 members (excludes halogenated alkanes) is 2. The maximum atomic E-state index is 14.1. The number of carbonyl (C=O) groups is 4. The molecule has 2 heterocycles. The first-order valence-electron chi connectivity index (χ1n) is 18.4. The van der Waals surface area contributed by atoms with Crippen molar-refractivity contribution >= 4 is 35.1 Å². The molecule has 0 spiro atoms. The summed E-state index contributed by atoms with van der Waals surface area (Å²) < 4.78 is 105. The monoisotopic (exact) mass is 862 g/mol. The molecule has 0 aliphatic carbocycles. The van der Waals surface area contributed by atoms with Crippen molar-refractivity contribution in [2.45, 2.75) is 38.0 Å². The topological polar surface area (TPSA) is 155 Å². The van der Waals surface area contributed by atoms with E-state index >= 15 is 0 Å². The second-order valence-corrected chi connectivity index (χ2v) is 12.5. The molecule has 4 rings (SSSR count). The van der Waals surface area contributed by atoms with E-state index < -0.39 is 58.6 Å². The Morgan fingerprint density at radius 1 is 0.565 bits per heavy atom. The predicted molar refractivity (Wildman–Crippen MR) is 212 cm³/mol. The van der Waals surface area contributed by atoms with E-state index in [0.717, 1.165) is 36.4 Å². The molecule has 0 fully saturated rings. The molecule has 0 saturated carbocycles. The number of rotatable bonds is 16. The average molecular weight is 863 g/mol. The smallest absolute Gasteiger partial charge is 0.418 e. The Morgan fingerprint density at radius 2 is 0.952 bits per heavy atom. The van der Waals surface area contributed by atoms with Gasteiger partial charge in [-0.2, -0.15) is 26.3 Å². The maximum absolute atomic E-state index is 14.1. The zero-order chi connectivity index (χ0) is 45.1. The summed E-state index contributed by atoms with van der Waals surface area (Å²) in [5.74, 6) is 6.70. The summed E-state index contributed by atoms with van der Waals surface area (Å²) in [6.45, 7) is 7.62. The third-order valence-electron chi connectivity index (χ3n) is 7.93. The lowest BCUT2D eigenvalue weighted by atomic mass is 10.1. The first kappa shape index (κ1) is 47.1. The summed E-state index contributed by atoms with van der Waals surface area (Å²) in [6, 6.07) is 11.3. The van der Waals surface area contributed by atoms with Crippen molar-refractivity contribution in [3.63, 3.8) is 0 Å². The van der Waals surface area contributed by atoms with Gasteiger partial charge in [0, 0.05) is 23.3 Å². The zero-order valence-corrected chi connectivity index (χ0v) is 32.6. The molecule has 0 saturated heterocycles. The van der Waals surface area contributed by atoms with Gasteiger partial charge in [0.05, 0.1) is 61.3 Å². The van der Waals surface area contributed by atoms with Crippen LogP contribution in [0.5, 0.6) is 11.5 Å². The second kappa shape index (κ2) is 22.7. The number of benzene rings is 2. The van der Waals surface area contributed by atoms with Gasteiger partial charge in [0.1, 0.15) is 22.9 Å². The average Bonchev–Trinajstić information content (AvgIpc) is 3.25. The molecular weight excluding hydrogens is 826 g/mol. The Morgan fingerprint density at radius 3 is 1.29 bits per heavy atom. The van der Waals surface area contributed by atoms with Crippen LogP contribution in [0, 0.1) is 23.7 Å². The Kier molecular flexibility index (Phi) is 17.2. The molecule has 2 aromatic carbocycles. The highest BCUT2D eigenvalue weighted by molar-refractivity contribution is 6.43. The van der Waals surface area contributed by atoms with Crippen LogP contribution in [0.2, 0.25) is 0 Å². The molecule has 0 aliphatic rings. The molecule has 2 aromatic heterocycles. The van der Waals surface area contributed by atoms with E-state index in [-0.39, 0.29) is 35.7 Å². The number of anilines is 2. The minimum Gasteiger partial charge on any atom is -0.492 e. The summed E-state index contributed by atoms with van der Waals surface area (Å²) in [6.07, 6.45) is -2.97. The molecule has 4 aromatic rings. The number of nitrogens with zero attached hydrogens (tertiary/aromatic N) is 2. The van der Waals surface area contributed by atoms with E-state index in [2.05, 4.69) is 46.8 Å². The second-order valence-electron chi connectivity index (χ2n) is 12.5. The molecule has 2 amide bonds. The van der Waals surface area contributed by atoms with Crippen LogP contribution in [-0.4, -0.2) is 60.1 Å². The van der Waals surface area contributed by atoms with Crippen LogP contribution in [0.4, 0.5) is 37.7 Å². The summed E-state index contributed by atoms with van der Waals surface area (Å²) in [7, 11) is 0. The van der Waals surface area contributed by atoms with E-state index in [0.29, 0.717) is 62.5 Å². The van der Waals surface area contributed by atoms with Gasteiger partial charge in [-0.3, -0.25) is 9.59 Å². The van der Waals surface area contributed by atoms with Crippen molar-refractivity contribution in [3.8, 4) is 35.2 Å². The van der Waals surface area contributed by atoms with Crippen molar-refractivity contribution < 1.29 is 64.5 Å². The highest BCUT2D eigenvalue weighted by Gasteiger charge is 2.36. The number of hydrogen-bond donors (Lipinski definition) is 2. The van der Waals surface area contributed by atoms with Crippen molar-refractivity contribution in [1.29, 1.82) is 0 Å². The molecule has 0 radical (unpaired) electrons. The van der Waals surface area contributed by atoms with Gasteiger partial charge in [-0.1, -0.05) is 25.0 Å². The van der Waals surface area contributed by atoms with Gasteiger partial charge < -0.3 is 29.6 Å². The van der Waals surface area contributed by atoms with Gasteiger partial charge in [-0.15, -0.1) is 0 Å². The number of aromatic nitrogens is 2. The van der Waals surface area contributed by atoms with E-state index in [4.69, 9.17) is 18.9 Å². The minimum absolute atomic E-state index is 0.132. The lowest BCUT2D eigenvalue weighted by molar-refractivity contribution is -0.138. The van der Waals surface area contributed by atoms with Crippen LogP contribution in [0.15, 0.2) is 98.4 Å². The fourth-order valence-electron chi connectivity index (χ4n) is 4.89. The molecule has 0 atom stereocenters. The third-order valence-corrected chi connectivity index (χ3v) is 7.93. The highest BCUT2D eigenvalue weighted by Crippen LogP contribution is 2.37.